The largest absolute Gasteiger partial charge is 0.496 e. The lowest BCUT2D eigenvalue weighted by Gasteiger charge is -2.01. The van der Waals surface area contributed by atoms with E-state index in [0.29, 0.717) is 11.3 Å². The van der Waals surface area contributed by atoms with Crippen molar-refractivity contribution in [2.75, 3.05) is 7.11 Å². The number of aromatic nitrogens is 1. The molecular formula is C15H12N2O3. The first-order valence-corrected chi connectivity index (χ1v) is 6.09. The summed E-state index contributed by atoms with van der Waals surface area (Å²) in [7, 11) is 1.51. The molecule has 0 saturated heterocycles. The molecular weight excluding hydrogens is 256 g/mol. The number of nitrogens with one attached hydrogen (secondary N) is 1. The SMILES string of the molecule is COc1cc([N+](=O)[O-])cc2[nH]c(-c3ccccc3)cc12. The minimum atomic E-state index is -0.426. The fourth-order valence-corrected chi connectivity index (χ4v) is 2.24. The molecule has 0 spiro atoms. The molecule has 0 fully saturated rings. The summed E-state index contributed by atoms with van der Waals surface area (Å²) in [5.41, 5.74) is 2.62. The molecule has 0 unspecified atom stereocenters. The summed E-state index contributed by atoms with van der Waals surface area (Å²) in [5, 5.41) is 11.8. The monoisotopic (exact) mass is 268 g/mol. The summed E-state index contributed by atoms with van der Waals surface area (Å²) in [6.07, 6.45) is 0. The summed E-state index contributed by atoms with van der Waals surface area (Å²) in [4.78, 5) is 13.7. The number of ether oxygens (including phenoxy) is 1. The number of hydrogen-bond donors (Lipinski definition) is 1. The molecule has 0 amide bonds. The number of H-pyrrole nitrogens is 1. The Balaban J connectivity index is 2.22. The van der Waals surface area contributed by atoms with Crippen molar-refractivity contribution in [1.82, 2.24) is 4.98 Å². The van der Waals surface area contributed by atoms with Gasteiger partial charge in [0.15, 0.2) is 0 Å². The van der Waals surface area contributed by atoms with E-state index in [0.717, 1.165) is 16.6 Å². The lowest BCUT2D eigenvalue weighted by atomic mass is 10.1. The van der Waals surface area contributed by atoms with Gasteiger partial charge >= 0.3 is 0 Å². The third-order valence-corrected chi connectivity index (χ3v) is 3.20. The van der Waals surface area contributed by atoms with E-state index >= 15 is 0 Å². The Morgan fingerprint density at radius 2 is 1.90 bits per heavy atom. The molecule has 5 nitrogen and oxygen atoms in total. The van der Waals surface area contributed by atoms with Gasteiger partial charge in [-0.3, -0.25) is 10.1 Å². The maximum Gasteiger partial charge on any atom is 0.275 e. The zero-order valence-electron chi connectivity index (χ0n) is 10.8. The molecule has 3 aromatic rings. The Labute approximate surface area is 115 Å². The third-order valence-electron chi connectivity index (χ3n) is 3.20. The van der Waals surface area contributed by atoms with Gasteiger partial charge in [0, 0.05) is 17.1 Å². The van der Waals surface area contributed by atoms with Crippen LogP contribution >= 0.6 is 0 Å². The first-order valence-electron chi connectivity index (χ1n) is 6.09. The number of nitro groups is 1. The van der Waals surface area contributed by atoms with Crippen molar-refractivity contribution in [3.63, 3.8) is 0 Å². The number of non-ortho nitro benzene ring substituents is 1. The summed E-state index contributed by atoms with van der Waals surface area (Å²) >= 11 is 0. The average molecular weight is 268 g/mol. The van der Waals surface area contributed by atoms with Crippen LogP contribution in [-0.2, 0) is 0 Å². The van der Waals surface area contributed by atoms with Crippen molar-refractivity contribution < 1.29 is 9.66 Å². The first-order chi connectivity index (χ1) is 9.69. The minimum Gasteiger partial charge on any atom is -0.496 e. The van der Waals surface area contributed by atoms with Crippen LogP contribution in [0.2, 0.25) is 0 Å². The normalized spacial score (nSPS) is 10.7. The van der Waals surface area contributed by atoms with Gasteiger partial charge in [-0.15, -0.1) is 0 Å². The lowest BCUT2D eigenvalue weighted by molar-refractivity contribution is -0.384. The van der Waals surface area contributed by atoms with E-state index < -0.39 is 4.92 Å². The molecule has 0 atom stereocenters. The van der Waals surface area contributed by atoms with E-state index in [1.54, 1.807) is 0 Å². The van der Waals surface area contributed by atoms with Crippen molar-refractivity contribution in [2.45, 2.75) is 0 Å². The Morgan fingerprint density at radius 3 is 2.55 bits per heavy atom. The highest BCUT2D eigenvalue weighted by Gasteiger charge is 2.14. The molecule has 0 aliphatic heterocycles. The number of nitrogens with zero attached hydrogens (tertiary/aromatic N) is 1. The second-order valence-electron chi connectivity index (χ2n) is 4.42. The van der Waals surface area contributed by atoms with E-state index in [-0.39, 0.29) is 5.69 Å². The molecule has 0 aliphatic carbocycles. The smallest absolute Gasteiger partial charge is 0.275 e. The zero-order chi connectivity index (χ0) is 14.1. The predicted molar refractivity (Wildman–Crippen MR) is 76.9 cm³/mol. The van der Waals surface area contributed by atoms with Gasteiger partial charge in [-0.25, -0.2) is 0 Å². The van der Waals surface area contributed by atoms with Crippen molar-refractivity contribution in [3.8, 4) is 17.0 Å². The molecule has 5 heteroatoms. The first kappa shape index (κ1) is 12.2. The van der Waals surface area contributed by atoms with Crippen molar-refractivity contribution in [3.05, 3.63) is 58.6 Å². The molecule has 0 aliphatic rings. The van der Waals surface area contributed by atoms with Gasteiger partial charge in [0.1, 0.15) is 5.75 Å². The highest BCUT2D eigenvalue weighted by atomic mass is 16.6. The van der Waals surface area contributed by atoms with E-state index in [4.69, 9.17) is 4.74 Å². The van der Waals surface area contributed by atoms with Gasteiger partial charge in [0.25, 0.3) is 5.69 Å². The second kappa shape index (κ2) is 4.70. The number of methoxy groups -OCH3 is 1. The molecule has 1 heterocycles. The molecule has 100 valence electrons. The number of hydrogen-bond acceptors (Lipinski definition) is 3. The van der Waals surface area contributed by atoms with Crippen LogP contribution in [0.15, 0.2) is 48.5 Å². The molecule has 1 aromatic heterocycles. The summed E-state index contributed by atoms with van der Waals surface area (Å²) in [6, 6.07) is 14.7. The lowest BCUT2D eigenvalue weighted by Crippen LogP contribution is -1.90. The van der Waals surface area contributed by atoms with Crippen molar-refractivity contribution >= 4 is 16.6 Å². The van der Waals surface area contributed by atoms with Crippen molar-refractivity contribution in [1.29, 1.82) is 0 Å². The molecule has 0 radical (unpaired) electrons. The maximum absolute atomic E-state index is 10.9. The maximum atomic E-state index is 10.9. The predicted octanol–water partition coefficient (Wildman–Crippen LogP) is 3.75. The highest BCUT2D eigenvalue weighted by Crippen LogP contribution is 2.34. The Kier molecular flexibility index (Phi) is 2.87. The zero-order valence-corrected chi connectivity index (χ0v) is 10.8. The topological polar surface area (TPSA) is 68.2 Å². The fraction of sp³-hybridized carbons (Fsp3) is 0.0667. The molecule has 0 saturated carbocycles. The fourth-order valence-electron chi connectivity index (χ4n) is 2.24. The van der Waals surface area contributed by atoms with Crippen LogP contribution in [0.5, 0.6) is 5.75 Å². The van der Waals surface area contributed by atoms with Crippen molar-refractivity contribution in [2.24, 2.45) is 0 Å². The van der Waals surface area contributed by atoms with Crippen LogP contribution in [0, 0.1) is 10.1 Å². The molecule has 3 rings (SSSR count). The van der Waals surface area contributed by atoms with Crippen LogP contribution < -0.4 is 4.74 Å². The average Bonchev–Trinajstić information content (AvgIpc) is 2.91. The number of rotatable bonds is 3. The van der Waals surface area contributed by atoms with E-state index in [9.17, 15) is 10.1 Å². The quantitative estimate of drug-likeness (QED) is 0.581. The molecule has 1 N–H and O–H groups in total. The van der Waals surface area contributed by atoms with Crippen LogP contribution in [0.25, 0.3) is 22.2 Å². The summed E-state index contributed by atoms with van der Waals surface area (Å²) in [6.45, 7) is 0. The molecule has 20 heavy (non-hydrogen) atoms. The standard InChI is InChI=1S/C15H12N2O3/c1-20-15-8-11(17(18)19)7-14-12(15)9-13(16-14)10-5-3-2-4-6-10/h2-9,16H,1H3. The van der Waals surface area contributed by atoms with Gasteiger partial charge < -0.3 is 9.72 Å². The van der Waals surface area contributed by atoms with E-state index in [1.165, 1.54) is 19.2 Å². The second-order valence-corrected chi connectivity index (χ2v) is 4.42. The number of benzene rings is 2. The minimum absolute atomic E-state index is 0.0100. The third kappa shape index (κ3) is 1.99. The van der Waals surface area contributed by atoms with Gasteiger partial charge in [0.2, 0.25) is 0 Å². The number of nitro benzene ring substituents is 1. The Hall–Kier alpha value is -2.82. The van der Waals surface area contributed by atoms with Gasteiger partial charge in [0.05, 0.1) is 23.6 Å². The highest BCUT2D eigenvalue weighted by molar-refractivity contribution is 5.92. The Bertz CT molecular complexity index is 778. The Morgan fingerprint density at radius 1 is 1.15 bits per heavy atom. The van der Waals surface area contributed by atoms with Crippen LogP contribution in [-0.4, -0.2) is 17.0 Å². The van der Waals surface area contributed by atoms with Gasteiger partial charge in [-0.1, -0.05) is 30.3 Å². The summed E-state index contributed by atoms with van der Waals surface area (Å²) < 4.78 is 5.24. The van der Waals surface area contributed by atoms with Crippen LogP contribution in [0.3, 0.4) is 0 Å². The molecule has 2 aromatic carbocycles. The number of fused-ring (bicyclic) bond motifs is 1. The summed E-state index contributed by atoms with van der Waals surface area (Å²) in [5.74, 6) is 0.493. The van der Waals surface area contributed by atoms with Gasteiger partial charge in [-0.2, -0.15) is 0 Å². The van der Waals surface area contributed by atoms with Crippen LogP contribution in [0.1, 0.15) is 0 Å². The number of aromatic amines is 1. The van der Waals surface area contributed by atoms with E-state index in [1.807, 2.05) is 36.4 Å². The van der Waals surface area contributed by atoms with Crippen LogP contribution in [0.4, 0.5) is 5.69 Å². The molecule has 0 bridgehead atoms. The van der Waals surface area contributed by atoms with Gasteiger partial charge in [-0.05, 0) is 11.6 Å². The van der Waals surface area contributed by atoms with E-state index in [2.05, 4.69) is 4.98 Å².